The SMILES string of the molecule is CN1C(=O)[C@@]2(CC[NH2+][C@@H]2c2ccc([N+](=O)[O-])cc2)c2ccccc21. The van der Waals surface area contributed by atoms with Crippen LogP contribution < -0.4 is 10.2 Å². The highest BCUT2D eigenvalue weighted by molar-refractivity contribution is 6.08. The number of non-ortho nitro benzene ring substituents is 1. The molecular weight excluding hydrogens is 306 g/mol. The van der Waals surface area contributed by atoms with Gasteiger partial charge in [0.05, 0.1) is 11.5 Å². The number of nitrogens with two attached hydrogens (primary N) is 1. The minimum atomic E-state index is -0.582. The average Bonchev–Trinajstić information content (AvgIpc) is 3.13. The second-order valence-electron chi connectivity index (χ2n) is 6.45. The molecule has 2 aliphatic rings. The Morgan fingerprint density at radius 2 is 1.92 bits per heavy atom. The maximum absolute atomic E-state index is 13.1. The second-order valence-corrected chi connectivity index (χ2v) is 6.45. The molecule has 0 saturated carbocycles. The topological polar surface area (TPSA) is 80.1 Å². The second kappa shape index (κ2) is 5.14. The minimum Gasteiger partial charge on any atom is -0.339 e. The number of nitrogens with zero attached hydrogens (tertiary/aromatic N) is 2. The first-order valence-electron chi connectivity index (χ1n) is 8.01. The van der Waals surface area contributed by atoms with Crippen LogP contribution in [0.3, 0.4) is 0 Å². The Morgan fingerprint density at radius 1 is 1.21 bits per heavy atom. The van der Waals surface area contributed by atoms with Gasteiger partial charge in [0.25, 0.3) is 5.69 Å². The number of carbonyl (C=O) groups is 1. The molecular formula is C18H18N3O3+. The molecule has 2 aromatic rings. The average molecular weight is 324 g/mol. The van der Waals surface area contributed by atoms with Gasteiger partial charge in [0.1, 0.15) is 11.5 Å². The van der Waals surface area contributed by atoms with E-state index in [4.69, 9.17) is 0 Å². The first-order valence-corrected chi connectivity index (χ1v) is 8.01. The number of benzene rings is 2. The highest BCUT2D eigenvalue weighted by atomic mass is 16.6. The van der Waals surface area contributed by atoms with Crippen LogP contribution in [-0.4, -0.2) is 24.4 Å². The van der Waals surface area contributed by atoms with Crippen molar-refractivity contribution in [2.24, 2.45) is 0 Å². The van der Waals surface area contributed by atoms with Gasteiger partial charge in [-0.1, -0.05) is 18.2 Å². The normalized spacial score (nSPS) is 25.3. The monoisotopic (exact) mass is 324 g/mol. The lowest BCUT2D eigenvalue weighted by atomic mass is 9.73. The Balaban J connectivity index is 1.83. The van der Waals surface area contributed by atoms with Crippen LogP contribution in [0.4, 0.5) is 11.4 Å². The summed E-state index contributed by atoms with van der Waals surface area (Å²) in [5.74, 6) is 0.112. The van der Waals surface area contributed by atoms with Crippen molar-refractivity contribution in [3.05, 3.63) is 69.8 Å². The standard InChI is InChI=1S/C18H17N3O3/c1-20-15-5-3-2-4-14(15)18(17(20)22)10-11-19-16(18)12-6-8-13(9-7-12)21(23)24/h2-9,16,19H,10-11H2,1H3/p+1/t16-,18+/m1/s1. The number of amides is 1. The van der Waals surface area contributed by atoms with Crippen molar-refractivity contribution >= 4 is 17.3 Å². The molecule has 1 fully saturated rings. The van der Waals surface area contributed by atoms with Gasteiger partial charge >= 0.3 is 0 Å². The van der Waals surface area contributed by atoms with Crippen LogP contribution in [0.5, 0.6) is 0 Å². The summed E-state index contributed by atoms with van der Waals surface area (Å²) in [5, 5.41) is 13.1. The Morgan fingerprint density at radius 3 is 2.62 bits per heavy atom. The quantitative estimate of drug-likeness (QED) is 0.672. The third-order valence-electron chi connectivity index (χ3n) is 5.37. The van der Waals surface area contributed by atoms with Gasteiger partial charge in [-0.2, -0.15) is 0 Å². The number of fused-ring (bicyclic) bond motifs is 2. The van der Waals surface area contributed by atoms with Gasteiger partial charge < -0.3 is 10.2 Å². The Bertz CT molecular complexity index is 834. The lowest BCUT2D eigenvalue weighted by molar-refractivity contribution is -0.679. The summed E-state index contributed by atoms with van der Waals surface area (Å²) < 4.78 is 0. The molecule has 6 nitrogen and oxygen atoms in total. The lowest BCUT2D eigenvalue weighted by Crippen LogP contribution is -2.83. The zero-order valence-corrected chi connectivity index (χ0v) is 13.3. The molecule has 24 heavy (non-hydrogen) atoms. The van der Waals surface area contributed by atoms with Crippen LogP contribution in [0, 0.1) is 10.1 Å². The number of nitro groups is 1. The maximum Gasteiger partial charge on any atom is 0.269 e. The number of rotatable bonds is 2. The summed E-state index contributed by atoms with van der Waals surface area (Å²) in [6, 6.07) is 14.5. The van der Waals surface area contributed by atoms with E-state index in [2.05, 4.69) is 5.32 Å². The Kier molecular flexibility index (Phi) is 3.18. The van der Waals surface area contributed by atoms with Crippen molar-refractivity contribution in [3.8, 4) is 0 Å². The van der Waals surface area contributed by atoms with Gasteiger partial charge in [-0.3, -0.25) is 14.9 Å². The molecule has 0 bridgehead atoms. The first-order chi connectivity index (χ1) is 11.6. The van der Waals surface area contributed by atoms with E-state index in [9.17, 15) is 14.9 Å². The number of hydrogen-bond acceptors (Lipinski definition) is 3. The third-order valence-corrected chi connectivity index (χ3v) is 5.37. The zero-order valence-electron chi connectivity index (χ0n) is 13.3. The van der Waals surface area contributed by atoms with Gasteiger partial charge in [0.15, 0.2) is 0 Å². The third kappa shape index (κ3) is 1.83. The summed E-state index contributed by atoms with van der Waals surface area (Å²) in [6.45, 7) is 0.857. The van der Waals surface area contributed by atoms with Crippen molar-refractivity contribution in [1.29, 1.82) is 0 Å². The van der Waals surface area contributed by atoms with Crippen LogP contribution in [0.1, 0.15) is 23.6 Å². The van der Waals surface area contributed by atoms with E-state index in [0.29, 0.717) is 0 Å². The molecule has 4 rings (SSSR count). The molecule has 2 atom stereocenters. The van der Waals surface area contributed by atoms with Crippen molar-refractivity contribution in [1.82, 2.24) is 0 Å². The molecule has 0 aliphatic carbocycles. The van der Waals surface area contributed by atoms with Gasteiger partial charge in [-0.05, 0) is 23.8 Å². The van der Waals surface area contributed by atoms with Gasteiger partial charge in [0, 0.05) is 36.9 Å². The van der Waals surface area contributed by atoms with Crippen LogP contribution in [0.25, 0.3) is 0 Å². The predicted octanol–water partition coefficient (Wildman–Crippen LogP) is 1.52. The fraction of sp³-hybridized carbons (Fsp3) is 0.278. The molecule has 122 valence electrons. The van der Waals surface area contributed by atoms with Crippen LogP contribution >= 0.6 is 0 Å². The molecule has 2 heterocycles. The number of hydrogen-bond donors (Lipinski definition) is 1. The molecule has 6 heteroatoms. The molecule has 0 radical (unpaired) electrons. The summed E-state index contributed by atoms with van der Waals surface area (Å²) >= 11 is 0. The molecule has 0 aromatic heterocycles. The van der Waals surface area contributed by atoms with E-state index in [0.717, 1.165) is 29.8 Å². The van der Waals surface area contributed by atoms with E-state index in [-0.39, 0.29) is 17.6 Å². The number of carbonyl (C=O) groups excluding carboxylic acids is 1. The Hall–Kier alpha value is -2.73. The van der Waals surface area contributed by atoms with Crippen molar-refractivity contribution in [3.63, 3.8) is 0 Å². The number of anilines is 1. The fourth-order valence-electron chi connectivity index (χ4n) is 4.27. The Labute approximate surface area is 139 Å². The van der Waals surface area contributed by atoms with E-state index in [1.54, 1.807) is 17.0 Å². The van der Waals surface area contributed by atoms with E-state index in [1.165, 1.54) is 12.1 Å². The zero-order chi connectivity index (χ0) is 16.9. The summed E-state index contributed by atoms with van der Waals surface area (Å²) in [5.41, 5.74) is 2.47. The predicted molar refractivity (Wildman–Crippen MR) is 88.8 cm³/mol. The summed E-state index contributed by atoms with van der Waals surface area (Å²) in [7, 11) is 1.82. The van der Waals surface area contributed by atoms with Crippen LogP contribution in [0.2, 0.25) is 0 Å². The van der Waals surface area contributed by atoms with Crippen molar-refractivity contribution in [2.45, 2.75) is 17.9 Å². The molecule has 1 spiro atoms. The lowest BCUT2D eigenvalue weighted by Gasteiger charge is -2.26. The van der Waals surface area contributed by atoms with E-state index < -0.39 is 10.3 Å². The van der Waals surface area contributed by atoms with Crippen molar-refractivity contribution in [2.75, 3.05) is 18.5 Å². The molecule has 2 aliphatic heterocycles. The molecule has 2 N–H and O–H groups in total. The first kappa shape index (κ1) is 14.8. The number of para-hydroxylation sites is 1. The number of likely N-dealkylation sites (N-methyl/N-ethyl adjacent to an activating group) is 1. The van der Waals surface area contributed by atoms with Crippen molar-refractivity contribution < 1.29 is 15.0 Å². The molecule has 2 aromatic carbocycles. The minimum absolute atomic E-state index is 0.0584. The van der Waals surface area contributed by atoms with E-state index in [1.807, 2.05) is 31.3 Å². The van der Waals surface area contributed by atoms with Gasteiger partial charge in [0.2, 0.25) is 5.91 Å². The highest BCUT2D eigenvalue weighted by Gasteiger charge is 2.60. The van der Waals surface area contributed by atoms with E-state index >= 15 is 0 Å². The smallest absolute Gasteiger partial charge is 0.269 e. The highest BCUT2D eigenvalue weighted by Crippen LogP contribution is 2.50. The molecule has 1 amide bonds. The van der Waals surface area contributed by atoms with Gasteiger partial charge in [-0.15, -0.1) is 0 Å². The summed E-state index contributed by atoms with van der Waals surface area (Å²) in [4.78, 5) is 25.4. The molecule has 0 unspecified atom stereocenters. The maximum atomic E-state index is 13.1. The van der Waals surface area contributed by atoms with Crippen LogP contribution in [0.15, 0.2) is 48.5 Å². The van der Waals surface area contributed by atoms with Gasteiger partial charge in [-0.25, -0.2) is 0 Å². The largest absolute Gasteiger partial charge is 0.339 e. The molecule has 1 saturated heterocycles. The summed E-state index contributed by atoms with van der Waals surface area (Å²) in [6.07, 6.45) is 0.773. The fourth-order valence-corrected chi connectivity index (χ4v) is 4.27. The van der Waals surface area contributed by atoms with Crippen LogP contribution in [-0.2, 0) is 10.2 Å². The number of nitro benzene ring substituents is 1. The number of quaternary nitrogens is 1.